The van der Waals surface area contributed by atoms with Crippen molar-refractivity contribution in [3.05, 3.63) is 39.4 Å². The van der Waals surface area contributed by atoms with Crippen LogP contribution in [0.1, 0.15) is 28.6 Å². The molecular formula is C13H12ClNO3. The molecule has 0 bridgehead atoms. The predicted molar refractivity (Wildman–Crippen MR) is 68.1 cm³/mol. The molecule has 0 aliphatic heterocycles. The summed E-state index contributed by atoms with van der Waals surface area (Å²) in [6.45, 7) is 4.87. The molecular weight excluding hydrogens is 254 g/mol. The minimum Gasteiger partial charge on any atom is -0.460 e. The van der Waals surface area contributed by atoms with Crippen molar-refractivity contribution in [2.75, 3.05) is 0 Å². The van der Waals surface area contributed by atoms with Gasteiger partial charge in [0.2, 0.25) is 0 Å². The topological polar surface area (TPSA) is 62.8 Å². The van der Waals surface area contributed by atoms with Crippen molar-refractivity contribution in [3.63, 3.8) is 0 Å². The lowest BCUT2D eigenvalue weighted by molar-refractivity contribution is 0.101. The van der Waals surface area contributed by atoms with Crippen LogP contribution in [-0.2, 0) is 0 Å². The van der Waals surface area contributed by atoms with E-state index in [9.17, 15) is 10.0 Å². The van der Waals surface area contributed by atoms with E-state index in [0.717, 1.165) is 5.56 Å². The zero-order valence-electron chi connectivity index (χ0n) is 10.2. The number of benzene rings is 1. The van der Waals surface area contributed by atoms with Crippen LogP contribution in [-0.4, -0.2) is 11.0 Å². The molecule has 0 radical (unpaired) electrons. The lowest BCUT2D eigenvalue weighted by Gasteiger charge is -2.08. The predicted octanol–water partition coefficient (Wildman–Crippen LogP) is 3.20. The number of hydrogen-bond acceptors (Lipinski definition) is 4. The van der Waals surface area contributed by atoms with Crippen LogP contribution in [0.15, 0.2) is 21.7 Å². The normalized spacial score (nSPS) is 12.1. The third-order valence-corrected chi connectivity index (χ3v) is 3.32. The van der Waals surface area contributed by atoms with E-state index in [-0.39, 0.29) is 16.7 Å². The number of nitrogens with zero attached hydrogens (tertiary/aromatic N) is 1. The Kier molecular flexibility index (Phi) is 3.13. The highest BCUT2D eigenvalue weighted by atomic mass is 35.5. The average Bonchev–Trinajstić information content (AvgIpc) is 2.31. The monoisotopic (exact) mass is 265 g/mol. The van der Waals surface area contributed by atoms with Gasteiger partial charge in [-0.25, -0.2) is 0 Å². The molecule has 0 fully saturated rings. The van der Waals surface area contributed by atoms with Gasteiger partial charge in [0.25, 0.3) is 0 Å². The standard InChI is InChI=1S/C13H12ClNO3/c1-6-4-5-9-11(12(6)14)13(15-17)10(7(2)16)8(3)18-9/h4-5,17H,1-3H3. The van der Waals surface area contributed by atoms with Gasteiger partial charge in [0.05, 0.1) is 16.0 Å². The van der Waals surface area contributed by atoms with E-state index < -0.39 is 0 Å². The second-order valence-corrected chi connectivity index (χ2v) is 4.49. The fourth-order valence-corrected chi connectivity index (χ4v) is 2.24. The van der Waals surface area contributed by atoms with Crippen molar-refractivity contribution in [1.82, 2.24) is 0 Å². The zero-order valence-corrected chi connectivity index (χ0v) is 11.0. The van der Waals surface area contributed by atoms with E-state index in [1.807, 2.05) is 13.0 Å². The third-order valence-electron chi connectivity index (χ3n) is 2.84. The quantitative estimate of drug-likeness (QED) is 0.489. The molecule has 0 spiro atoms. The van der Waals surface area contributed by atoms with Crippen molar-refractivity contribution >= 4 is 28.4 Å². The molecule has 1 aromatic carbocycles. The summed E-state index contributed by atoms with van der Waals surface area (Å²) in [5, 5.41) is 13.4. The van der Waals surface area contributed by atoms with Crippen molar-refractivity contribution in [2.24, 2.45) is 5.16 Å². The lowest BCUT2D eigenvalue weighted by atomic mass is 10.1. The van der Waals surface area contributed by atoms with E-state index >= 15 is 0 Å². The van der Waals surface area contributed by atoms with Crippen LogP contribution in [0.3, 0.4) is 0 Å². The van der Waals surface area contributed by atoms with Gasteiger partial charge in [-0.2, -0.15) is 0 Å². The molecule has 1 aromatic heterocycles. The summed E-state index contributed by atoms with van der Waals surface area (Å²) in [6.07, 6.45) is 0. The smallest absolute Gasteiger partial charge is 0.165 e. The number of carbonyl (C=O) groups is 1. The Morgan fingerprint density at radius 3 is 2.61 bits per heavy atom. The Morgan fingerprint density at radius 1 is 1.39 bits per heavy atom. The molecule has 2 aromatic rings. The molecule has 0 aliphatic rings. The number of halogens is 1. The van der Waals surface area contributed by atoms with Crippen LogP contribution < -0.4 is 5.36 Å². The molecule has 0 saturated carbocycles. The van der Waals surface area contributed by atoms with E-state index in [1.54, 1.807) is 13.0 Å². The van der Waals surface area contributed by atoms with Gasteiger partial charge in [-0.05, 0) is 32.4 Å². The van der Waals surface area contributed by atoms with Crippen molar-refractivity contribution in [1.29, 1.82) is 0 Å². The molecule has 4 nitrogen and oxygen atoms in total. The molecule has 18 heavy (non-hydrogen) atoms. The highest BCUT2D eigenvalue weighted by molar-refractivity contribution is 6.36. The molecule has 5 heteroatoms. The van der Waals surface area contributed by atoms with Gasteiger partial charge in [-0.1, -0.05) is 22.8 Å². The number of rotatable bonds is 1. The summed E-state index contributed by atoms with van der Waals surface area (Å²) in [5.74, 6) is 0.172. The van der Waals surface area contributed by atoms with Gasteiger partial charge in [0.15, 0.2) is 5.78 Å². The van der Waals surface area contributed by atoms with Crippen molar-refractivity contribution in [3.8, 4) is 0 Å². The fraction of sp³-hybridized carbons (Fsp3) is 0.231. The summed E-state index contributed by atoms with van der Waals surface area (Å²) in [5.41, 5.74) is 1.56. The zero-order chi connectivity index (χ0) is 13.4. The number of aryl methyl sites for hydroxylation is 2. The summed E-state index contributed by atoms with van der Waals surface area (Å²) in [7, 11) is 0. The van der Waals surface area contributed by atoms with E-state index in [0.29, 0.717) is 21.8 Å². The number of ketones is 1. The Labute approximate surface area is 108 Å². The molecule has 1 heterocycles. The van der Waals surface area contributed by atoms with Crippen LogP contribution in [0.4, 0.5) is 0 Å². The first-order valence-electron chi connectivity index (χ1n) is 5.39. The van der Waals surface area contributed by atoms with Crippen LogP contribution in [0, 0.1) is 13.8 Å². The number of Topliss-reactive ketones (excluding diaryl/α,β-unsaturated/α-hetero) is 1. The molecule has 0 aliphatic carbocycles. The summed E-state index contributed by atoms with van der Waals surface area (Å²) in [4.78, 5) is 11.6. The van der Waals surface area contributed by atoms with Crippen LogP contribution in [0.25, 0.3) is 11.0 Å². The summed E-state index contributed by atoms with van der Waals surface area (Å²) < 4.78 is 5.56. The van der Waals surface area contributed by atoms with Crippen LogP contribution in [0.2, 0.25) is 5.02 Å². The molecule has 0 unspecified atom stereocenters. The van der Waals surface area contributed by atoms with Gasteiger partial charge >= 0.3 is 0 Å². The second-order valence-electron chi connectivity index (χ2n) is 4.11. The largest absolute Gasteiger partial charge is 0.460 e. The third kappa shape index (κ3) is 1.78. The van der Waals surface area contributed by atoms with Gasteiger partial charge < -0.3 is 9.62 Å². The maximum absolute atomic E-state index is 11.6. The van der Waals surface area contributed by atoms with Gasteiger partial charge in [0, 0.05) is 0 Å². The number of carbonyl (C=O) groups excluding carboxylic acids is 1. The van der Waals surface area contributed by atoms with Gasteiger partial charge in [-0.3, -0.25) is 4.79 Å². The summed E-state index contributed by atoms with van der Waals surface area (Å²) >= 11 is 6.20. The molecule has 1 N–H and O–H groups in total. The number of hydrogen-bond donors (Lipinski definition) is 1. The van der Waals surface area contributed by atoms with E-state index in [4.69, 9.17) is 16.0 Å². The van der Waals surface area contributed by atoms with E-state index in [2.05, 4.69) is 5.16 Å². The lowest BCUT2D eigenvalue weighted by Crippen LogP contribution is -2.17. The van der Waals surface area contributed by atoms with Crippen LogP contribution >= 0.6 is 11.6 Å². The summed E-state index contributed by atoms with van der Waals surface area (Å²) in [6, 6.07) is 3.55. The minimum atomic E-state index is -0.233. The molecule has 2 rings (SSSR count). The Bertz CT molecular complexity index is 716. The van der Waals surface area contributed by atoms with Crippen molar-refractivity contribution < 1.29 is 14.4 Å². The van der Waals surface area contributed by atoms with Gasteiger partial charge in [0.1, 0.15) is 16.7 Å². The first-order valence-corrected chi connectivity index (χ1v) is 5.76. The Hall–Kier alpha value is -1.81. The SMILES string of the molecule is CC(=O)c1c(C)oc2ccc(C)c(Cl)c2c1=NO. The maximum Gasteiger partial charge on any atom is 0.165 e. The highest BCUT2D eigenvalue weighted by Crippen LogP contribution is 2.26. The Balaban J connectivity index is 3.12. The maximum atomic E-state index is 11.6. The first-order chi connectivity index (χ1) is 8.47. The first kappa shape index (κ1) is 12.6. The van der Waals surface area contributed by atoms with E-state index in [1.165, 1.54) is 6.92 Å². The second kappa shape index (κ2) is 4.46. The van der Waals surface area contributed by atoms with Crippen molar-refractivity contribution in [2.45, 2.75) is 20.8 Å². The van der Waals surface area contributed by atoms with Gasteiger partial charge in [-0.15, -0.1) is 0 Å². The van der Waals surface area contributed by atoms with Crippen LogP contribution in [0.5, 0.6) is 0 Å². The molecule has 0 saturated heterocycles. The molecule has 94 valence electrons. The fourth-order valence-electron chi connectivity index (χ4n) is 1.99. The number of fused-ring (bicyclic) bond motifs is 1. The minimum absolute atomic E-state index is 0.162. The average molecular weight is 266 g/mol. The highest BCUT2D eigenvalue weighted by Gasteiger charge is 2.16. The Morgan fingerprint density at radius 2 is 2.06 bits per heavy atom. The molecule has 0 amide bonds. The molecule has 0 atom stereocenters.